The largest absolute Gasteiger partial charge is 0.328 e. The molecule has 0 unspecified atom stereocenters. The first-order valence-electron chi connectivity index (χ1n) is 8.35. The lowest BCUT2D eigenvalue weighted by Crippen LogP contribution is -2.07. The van der Waals surface area contributed by atoms with Gasteiger partial charge in [0.25, 0.3) is 5.56 Å². The van der Waals surface area contributed by atoms with Crippen LogP contribution in [0.4, 0.5) is 8.78 Å². The average Bonchev–Trinajstić information content (AvgIpc) is 2.70. The predicted octanol–water partition coefficient (Wildman–Crippen LogP) is 3.99. The molecular weight excluding hydrogens is 348 g/mol. The van der Waals surface area contributed by atoms with E-state index in [1.807, 2.05) is 30.3 Å². The van der Waals surface area contributed by atoms with Gasteiger partial charge in [-0.15, -0.1) is 0 Å². The van der Waals surface area contributed by atoms with Crippen molar-refractivity contribution in [3.8, 4) is 22.4 Å². The van der Waals surface area contributed by atoms with E-state index < -0.39 is 11.6 Å². The second-order valence-electron chi connectivity index (χ2n) is 6.09. The molecule has 4 nitrogen and oxygen atoms in total. The van der Waals surface area contributed by atoms with Gasteiger partial charge in [0, 0.05) is 29.4 Å². The first-order chi connectivity index (χ1) is 13.1. The quantitative estimate of drug-likeness (QED) is 0.578. The summed E-state index contributed by atoms with van der Waals surface area (Å²) in [4.78, 5) is 19.3. The minimum absolute atomic E-state index is 0.0192. The summed E-state index contributed by atoms with van der Waals surface area (Å²) >= 11 is 0. The minimum atomic E-state index is -1.01. The predicted molar refractivity (Wildman–Crippen MR) is 101 cm³/mol. The van der Waals surface area contributed by atoms with Crippen LogP contribution in [-0.2, 0) is 6.54 Å². The third-order valence-electron chi connectivity index (χ3n) is 4.47. The van der Waals surface area contributed by atoms with Crippen LogP contribution in [0.25, 0.3) is 33.3 Å². The Balaban J connectivity index is 2.08. The van der Waals surface area contributed by atoms with Crippen LogP contribution in [0.5, 0.6) is 0 Å². The standard InChI is InChI=1S/C21H15F2N3O/c22-18-13(11-24)6-7-14(19(18)23)20-15(12-4-2-1-3-5-12)10-16-17(26-20)8-9-25-21(16)27/h1-10H,11,24H2,(H,25,27). The van der Waals surface area contributed by atoms with Crippen molar-refractivity contribution in [2.75, 3.05) is 0 Å². The molecule has 4 rings (SSSR count). The molecule has 0 fully saturated rings. The van der Waals surface area contributed by atoms with Gasteiger partial charge in [-0.2, -0.15) is 0 Å². The van der Waals surface area contributed by atoms with Crippen molar-refractivity contribution < 1.29 is 8.78 Å². The van der Waals surface area contributed by atoms with E-state index in [0.717, 1.165) is 5.56 Å². The Morgan fingerprint density at radius 2 is 1.74 bits per heavy atom. The molecule has 0 saturated carbocycles. The number of hydrogen-bond donors (Lipinski definition) is 2. The van der Waals surface area contributed by atoms with E-state index in [9.17, 15) is 13.6 Å². The lowest BCUT2D eigenvalue weighted by atomic mass is 9.96. The maximum Gasteiger partial charge on any atom is 0.257 e. The summed E-state index contributed by atoms with van der Waals surface area (Å²) in [6.07, 6.45) is 1.47. The van der Waals surface area contributed by atoms with Gasteiger partial charge < -0.3 is 10.7 Å². The zero-order chi connectivity index (χ0) is 19.0. The molecule has 0 aliphatic carbocycles. The molecule has 0 amide bonds. The van der Waals surface area contributed by atoms with Crippen molar-refractivity contribution >= 4 is 10.9 Å². The van der Waals surface area contributed by atoms with E-state index >= 15 is 0 Å². The zero-order valence-corrected chi connectivity index (χ0v) is 14.2. The van der Waals surface area contributed by atoms with Crippen molar-refractivity contribution in [2.45, 2.75) is 6.54 Å². The lowest BCUT2D eigenvalue weighted by molar-refractivity contribution is 0.501. The van der Waals surface area contributed by atoms with Crippen LogP contribution in [0.1, 0.15) is 5.56 Å². The minimum Gasteiger partial charge on any atom is -0.328 e. The van der Waals surface area contributed by atoms with Gasteiger partial charge in [-0.1, -0.05) is 36.4 Å². The van der Waals surface area contributed by atoms with Gasteiger partial charge in [-0.05, 0) is 23.8 Å². The number of nitrogens with one attached hydrogen (secondary N) is 1. The van der Waals surface area contributed by atoms with E-state index in [1.165, 1.54) is 18.3 Å². The fourth-order valence-electron chi connectivity index (χ4n) is 3.08. The molecule has 0 atom stereocenters. The molecule has 4 aromatic rings. The van der Waals surface area contributed by atoms with Crippen molar-refractivity contribution in [1.29, 1.82) is 0 Å². The normalized spacial score (nSPS) is 11.1. The molecule has 0 aliphatic rings. The number of pyridine rings is 2. The average molecular weight is 363 g/mol. The van der Waals surface area contributed by atoms with Gasteiger partial charge in [0.15, 0.2) is 11.6 Å². The first kappa shape index (κ1) is 17.1. The van der Waals surface area contributed by atoms with Crippen LogP contribution in [-0.4, -0.2) is 9.97 Å². The number of aromatic amines is 1. The number of nitrogens with zero attached hydrogens (tertiary/aromatic N) is 1. The molecule has 0 spiro atoms. The maximum absolute atomic E-state index is 14.8. The highest BCUT2D eigenvalue weighted by Gasteiger charge is 2.19. The number of fused-ring (bicyclic) bond motifs is 1. The zero-order valence-electron chi connectivity index (χ0n) is 14.2. The molecule has 134 valence electrons. The summed E-state index contributed by atoms with van der Waals surface area (Å²) in [6, 6.07) is 15.3. The molecule has 0 radical (unpaired) electrons. The second kappa shape index (κ2) is 6.74. The van der Waals surface area contributed by atoms with Gasteiger partial charge in [-0.25, -0.2) is 13.8 Å². The maximum atomic E-state index is 14.8. The number of aromatic nitrogens is 2. The van der Waals surface area contributed by atoms with Gasteiger partial charge in [0.1, 0.15) is 0 Å². The molecule has 3 N–H and O–H groups in total. The molecule has 0 saturated heterocycles. The summed E-state index contributed by atoms with van der Waals surface area (Å²) in [5, 5.41) is 0.375. The molecule has 6 heteroatoms. The van der Waals surface area contributed by atoms with Crippen LogP contribution in [0.15, 0.2) is 65.6 Å². The third kappa shape index (κ3) is 2.90. The Hall–Kier alpha value is -3.38. The smallest absolute Gasteiger partial charge is 0.257 e. The van der Waals surface area contributed by atoms with Crippen molar-refractivity contribution in [3.63, 3.8) is 0 Å². The van der Waals surface area contributed by atoms with Crippen LogP contribution >= 0.6 is 0 Å². The first-order valence-corrected chi connectivity index (χ1v) is 8.35. The van der Waals surface area contributed by atoms with E-state index in [1.54, 1.807) is 12.1 Å². The van der Waals surface area contributed by atoms with Gasteiger partial charge in [-0.3, -0.25) is 4.79 Å². The number of hydrogen-bond acceptors (Lipinski definition) is 3. The monoisotopic (exact) mass is 363 g/mol. The second-order valence-corrected chi connectivity index (χ2v) is 6.09. The van der Waals surface area contributed by atoms with Crippen molar-refractivity contribution in [2.24, 2.45) is 5.73 Å². The van der Waals surface area contributed by atoms with Crippen LogP contribution in [0.2, 0.25) is 0 Å². The van der Waals surface area contributed by atoms with Crippen LogP contribution < -0.4 is 11.3 Å². The van der Waals surface area contributed by atoms with Crippen LogP contribution in [0, 0.1) is 11.6 Å². The Labute approximate surface area is 153 Å². The molecule has 27 heavy (non-hydrogen) atoms. The van der Waals surface area contributed by atoms with Gasteiger partial charge in [0.2, 0.25) is 0 Å². The number of H-pyrrole nitrogens is 1. The van der Waals surface area contributed by atoms with Crippen molar-refractivity contribution in [1.82, 2.24) is 9.97 Å². The van der Waals surface area contributed by atoms with E-state index in [0.29, 0.717) is 16.5 Å². The third-order valence-corrected chi connectivity index (χ3v) is 4.47. The Bertz CT molecular complexity index is 1200. The summed E-state index contributed by atoms with van der Waals surface area (Å²) in [5.41, 5.74) is 7.22. The number of halogens is 2. The number of nitrogens with two attached hydrogens (primary N) is 1. The summed E-state index contributed by atoms with van der Waals surface area (Å²) in [7, 11) is 0. The molecule has 2 heterocycles. The van der Waals surface area contributed by atoms with Crippen molar-refractivity contribution in [3.05, 3.63) is 88.3 Å². The Morgan fingerprint density at radius 3 is 2.48 bits per heavy atom. The molecular formula is C21H15F2N3O. The fourth-order valence-corrected chi connectivity index (χ4v) is 3.08. The topological polar surface area (TPSA) is 71.8 Å². The SMILES string of the molecule is NCc1ccc(-c2nc3cc[nH]c(=O)c3cc2-c2ccccc2)c(F)c1F. The number of benzene rings is 2. The van der Waals surface area contributed by atoms with E-state index in [4.69, 9.17) is 5.73 Å². The highest BCUT2D eigenvalue weighted by atomic mass is 19.2. The highest BCUT2D eigenvalue weighted by Crippen LogP contribution is 2.35. The number of rotatable bonds is 3. The van der Waals surface area contributed by atoms with E-state index in [2.05, 4.69) is 9.97 Å². The van der Waals surface area contributed by atoms with Gasteiger partial charge >= 0.3 is 0 Å². The molecule has 2 aromatic carbocycles. The molecule has 0 bridgehead atoms. The summed E-state index contributed by atoms with van der Waals surface area (Å²) in [5.74, 6) is -1.99. The summed E-state index contributed by atoms with van der Waals surface area (Å²) < 4.78 is 29.1. The highest BCUT2D eigenvalue weighted by molar-refractivity contribution is 5.91. The Morgan fingerprint density at radius 1 is 0.963 bits per heavy atom. The molecule has 2 aromatic heterocycles. The Kier molecular flexibility index (Phi) is 4.25. The van der Waals surface area contributed by atoms with Gasteiger partial charge in [0.05, 0.1) is 16.6 Å². The van der Waals surface area contributed by atoms with Crippen LogP contribution in [0.3, 0.4) is 0 Å². The van der Waals surface area contributed by atoms with E-state index in [-0.39, 0.29) is 28.9 Å². The molecule has 0 aliphatic heterocycles. The summed E-state index contributed by atoms with van der Waals surface area (Å²) in [6.45, 7) is -0.102. The lowest BCUT2D eigenvalue weighted by Gasteiger charge is -2.13. The fraction of sp³-hybridized carbons (Fsp3) is 0.0476.